The SMILES string of the molecule is [Na+].c1cccc[cH-]ccc1. The minimum absolute atomic E-state index is 0. The van der Waals surface area contributed by atoms with Crippen LogP contribution in [0.25, 0.3) is 0 Å². The molecule has 1 heteroatoms. The Balaban J connectivity index is 0.000000810. The van der Waals surface area contributed by atoms with Gasteiger partial charge >= 0.3 is 29.6 Å². The van der Waals surface area contributed by atoms with E-state index in [0.717, 1.165) is 0 Å². The van der Waals surface area contributed by atoms with Crippen molar-refractivity contribution in [3.63, 3.8) is 0 Å². The Labute approximate surface area is 83.9 Å². The van der Waals surface area contributed by atoms with Gasteiger partial charge in [-0.05, 0) is 0 Å². The molecule has 0 saturated heterocycles. The summed E-state index contributed by atoms with van der Waals surface area (Å²) in [6.45, 7) is 0. The van der Waals surface area contributed by atoms with Gasteiger partial charge in [-0.15, -0.1) is 12.1 Å². The third kappa shape index (κ3) is 4.68. The Bertz CT molecular complexity index is 126. The van der Waals surface area contributed by atoms with Gasteiger partial charge in [-0.2, -0.15) is 30.3 Å². The van der Waals surface area contributed by atoms with Crippen LogP contribution in [0.3, 0.4) is 0 Å². The van der Waals surface area contributed by atoms with Crippen LogP contribution in [0.4, 0.5) is 0 Å². The molecule has 1 aromatic carbocycles. The summed E-state index contributed by atoms with van der Waals surface area (Å²) in [6, 6.07) is 18.0. The van der Waals surface area contributed by atoms with Crippen molar-refractivity contribution >= 4 is 0 Å². The van der Waals surface area contributed by atoms with Gasteiger partial charge in [-0.25, -0.2) is 0 Å². The first kappa shape index (κ1) is 9.83. The molecule has 0 aliphatic rings. The summed E-state index contributed by atoms with van der Waals surface area (Å²) < 4.78 is 0. The zero-order valence-electron chi connectivity index (χ0n) is 6.20. The maximum absolute atomic E-state index is 2.00. The number of hydrogen-bond donors (Lipinski definition) is 0. The van der Waals surface area contributed by atoms with Crippen molar-refractivity contribution in [2.45, 2.75) is 0 Å². The molecule has 0 aromatic heterocycles. The second-order valence-electron chi connectivity index (χ2n) is 1.73. The first-order valence-corrected chi connectivity index (χ1v) is 3.00. The Morgan fingerprint density at radius 1 is 0.600 bits per heavy atom. The van der Waals surface area contributed by atoms with E-state index >= 15 is 0 Å². The molecule has 0 N–H and O–H groups in total. The van der Waals surface area contributed by atoms with Crippen LogP contribution in [-0.2, 0) is 0 Å². The van der Waals surface area contributed by atoms with Crippen LogP contribution in [0.15, 0.2) is 54.6 Å². The molecule has 10 heavy (non-hydrogen) atoms. The van der Waals surface area contributed by atoms with Gasteiger partial charge in [0.25, 0.3) is 0 Å². The summed E-state index contributed by atoms with van der Waals surface area (Å²) in [4.78, 5) is 0. The van der Waals surface area contributed by atoms with E-state index in [9.17, 15) is 0 Å². The van der Waals surface area contributed by atoms with Crippen molar-refractivity contribution in [3.05, 3.63) is 54.6 Å². The summed E-state index contributed by atoms with van der Waals surface area (Å²) in [5, 5.41) is 0. The van der Waals surface area contributed by atoms with Crippen molar-refractivity contribution in [1.29, 1.82) is 0 Å². The molecule has 0 radical (unpaired) electrons. The molecule has 0 nitrogen and oxygen atoms in total. The molecule has 0 heterocycles. The first-order valence-electron chi connectivity index (χ1n) is 3.00. The molecule has 0 amide bonds. The summed E-state index contributed by atoms with van der Waals surface area (Å²) in [5.74, 6) is 0. The molecule has 0 atom stereocenters. The second kappa shape index (κ2) is 6.94. The minimum atomic E-state index is 0. The Kier molecular flexibility index (Phi) is 6.83. The van der Waals surface area contributed by atoms with Crippen LogP contribution in [0.2, 0.25) is 0 Å². The topological polar surface area (TPSA) is 0 Å². The third-order valence-electron chi connectivity index (χ3n) is 1.00. The van der Waals surface area contributed by atoms with Crippen molar-refractivity contribution < 1.29 is 29.6 Å². The molecule has 0 saturated carbocycles. The quantitative estimate of drug-likeness (QED) is 0.338. The average Bonchev–Trinajstić information content (AvgIpc) is 2.00. The second-order valence-corrected chi connectivity index (χ2v) is 1.73. The van der Waals surface area contributed by atoms with Crippen LogP contribution >= 0.6 is 0 Å². The third-order valence-corrected chi connectivity index (χ3v) is 1.00. The van der Waals surface area contributed by atoms with Crippen LogP contribution in [0.1, 0.15) is 0 Å². The number of hydrogen-bond acceptors (Lipinski definition) is 0. The molecule has 1 aromatic rings. The average molecular weight is 140 g/mol. The Hall–Kier alpha value is -0.170. The molecular formula is C9H9Na. The van der Waals surface area contributed by atoms with Gasteiger partial charge in [0.1, 0.15) is 0 Å². The van der Waals surface area contributed by atoms with Crippen LogP contribution < -0.4 is 29.6 Å². The van der Waals surface area contributed by atoms with Gasteiger partial charge in [0.15, 0.2) is 0 Å². The fraction of sp³-hybridized carbons (Fsp3) is 0. The van der Waals surface area contributed by atoms with Crippen LogP contribution in [-0.4, -0.2) is 0 Å². The van der Waals surface area contributed by atoms with E-state index in [2.05, 4.69) is 0 Å². The van der Waals surface area contributed by atoms with Crippen molar-refractivity contribution in [3.8, 4) is 0 Å². The summed E-state index contributed by atoms with van der Waals surface area (Å²) >= 11 is 0. The van der Waals surface area contributed by atoms with Crippen LogP contribution in [0.5, 0.6) is 0 Å². The smallest absolute Gasteiger partial charge is 0.172 e. The van der Waals surface area contributed by atoms with Gasteiger partial charge in [0.05, 0.1) is 0 Å². The zero-order chi connectivity index (χ0) is 6.36. The first-order chi connectivity index (χ1) is 4.50. The molecule has 0 unspecified atom stereocenters. The molecule has 0 bridgehead atoms. The van der Waals surface area contributed by atoms with E-state index in [-0.39, 0.29) is 29.6 Å². The van der Waals surface area contributed by atoms with Crippen molar-refractivity contribution in [1.82, 2.24) is 0 Å². The largest absolute Gasteiger partial charge is 1.00 e. The molecular weight excluding hydrogens is 131 g/mol. The van der Waals surface area contributed by atoms with Gasteiger partial charge in [-0.1, -0.05) is 12.1 Å². The van der Waals surface area contributed by atoms with Gasteiger partial charge < -0.3 is 0 Å². The van der Waals surface area contributed by atoms with Crippen molar-refractivity contribution in [2.75, 3.05) is 0 Å². The maximum Gasteiger partial charge on any atom is 1.00 e. The molecule has 0 aliphatic heterocycles. The predicted octanol–water partition coefficient (Wildman–Crippen LogP) is -0.466. The maximum atomic E-state index is 2.00. The molecule has 0 aliphatic carbocycles. The van der Waals surface area contributed by atoms with E-state index in [0.29, 0.717) is 0 Å². The minimum Gasteiger partial charge on any atom is -0.172 e. The van der Waals surface area contributed by atoms with Gasteiger partial charge in [-0.3, -0.25) is 0 Å². The summed E-state index contributed by atoms with van der Waals surface area (Å²) in [6.07, 6.45) is 0. The normalized spacial score (nSPS) is 7.20. The Morgan fingerprint density at radius 2 is 1.00 bits per heavy atom. The van der Waals surface area contributed by atoms with Crippen molar-refractivity contribution in [2.24, 2.45) is 0 Å². The fourth-order valence-corrected chi connectivity index (χ4v) is 0.577. The van der Waals surface area contributed by atoms with Crippen LogP contribution in [0, 0.1) is 0 Å². The summed E-state index contributed by atoms with van der Waals surface area (Å²) in [7, 11) is 0. The molecule has 46 valence electrons. The van der Waals surface area contributed by atoms with Gasteiger partial charge in [0.2, 0.25) is 0 Å². The standard InChI is InChI=1S/C9H9.Na/c1-2-4-6-8-9-7-5-3-1;/h1-9H;/q-1;+1. The van der Waals surface area contributed by atoms with E-state index < -0.39 is 0 Å². The van der Waals surface area contributed by atoms with E-state index in [1.807, 2.05) is 54.6 Å². The number of rotatable bonds is 0. The fourth-order valence-electron chi connectivity index (χ4n) is 0.577. The van der Waals surface area contributed by atoms with E-state index in [1.54, 1.807) is 0 Å². The molecule has 0 fully saturated rings. The van der Waals surface area contributed by atoms with Gasteiger partial charge in [0, 0.05) is 0 Å². The van der Waals surface area contributed by atoms with E-state index in [4.69, 9.17) is 0 Å². The molecule has 1 rings (SSSR count). The monoisotopic (exact) mass is 140 g/mol. The predicted molar refractivity (Wildman–Crippen MR) is 39.7 cm³/mol. The Morgan fingerprint density at radius 3 is 1.50 bits per heavy atom. The summed E-state index contributed by atoms with van der Waals surface area (Å²) in [5.41, 5.74) is 0. The van der Waals surface area contributed by atoms with E-state index in [1.165, 1.54) is 0 Å². The zero-order valence-corrected chi connectivity index (χ0v) is 8.20. The molecule has 0 spiro atoms.